The van der Waals surface area contributed by atoms with Crippen molar-refractivity contribution >= 4 is 18.7 Å². The van der Waals surface area contributed by atoms with E-state index in [-0.39, 0.29) is 0 Å². The third-order valence-electron chi connectivity index (χ3n) is 1.62. The maximum absolute atomic E-state index is 6.20. The SMILES string of the molecule is CCCO[Si](Cl)(CC)CC. The molecule has 0 aromatic rings. The topological polar surface area (TPSA) is 9.23 Å². The van der Waals surface area contributed by atoms with Crippen LogP contribution in [0.4, 0.5) is 0 Å². The molecule has 0 spiro atoms. The first-order valence-corrected chi connectivity index (χ1v) is 7.34. The van der Waals surface area contributed by atoms with Gasteiger partial charge in [-0.25, -0.2) is 0 Å². The predicted molar refractivity (Wildman–Crippen MR) is 48.8 cm³/mol. The Labute approximate surface area is 69.6 Å². The van der Waals surface area contributed by atoms with Crippen molar-refractivity contribution in [2.75, 3.05) is 6.61 Å². The average molecular weight is 181 g/mol. The van der Waals surface area contributed by atoms with E-state index in [0.29, 0.717) is 0 Å². The fourth-order valence-electron chi connectivity index (χ4n) is 0.739. The largest absolute Gasteiger partial charge is 0.403 e. The standard InChI is InChI=1S/C7H17ClOSi/c1-4-7-9-10(8,5-2)6-3/h4-7H2,1-3H3. The molecule has 0 aliphatic rings. The fraction of sp³-hybridized carbons (Fsp3) is 1.00. The minimum absolute atomic E-state index is 0.831. The summed E-state index contributed by atoms with van der Waals surface area (Å²) in [5.74, 6) is 0. The molecule has 0 aliphatic heterocycles. The van der Waals surface area contributed by atoms with E-state index in [1.54, 1.807) is 0 Å². The number of hydrogen-bond acceptors (Lipinski definition) is 1. The number of rotatable bonds is 5. The monoisotopic (exact) mass is 180 g/mol. The van der Waals surface area contributed by atoms with Crippen molar-refractivity contribution in [1.82, 2.24) is 0 Å². The molecule has 0 heterocycles. The zero-order valence-corrected chi connectivity index (χ0v) is 8.87. The minimum Gasteiger partial charge on any atom is -0.403 e. The quantitative estimate of drug-likeness (QED) is 0.467. The Kier molecular flexibility index (Phi) is 5.40. The van der Waals surface area contributed by atoms with Crippen LogP contribution in [0.1, 0.15) is 27.2 Å². The average Bonchev–Trinajstić information content (AvgIpc) is 2.00. The lowest BCUT2D eigenvalue weighted by Gasteiger charge is -2.20. The first-order valence-electron chi connectivity index (χ1n) is 4.01. The van der Waals surface area contributed by atoms with Crippen LogP contribution in [0, 0.1) is 0 Å². The van der Waals surface area contributed by atoms with Crippen LogP contribution in [0.2, 0.25) is 12.1 Å². The summed E-state index contributed by atoms with van der Waals surface area (Å²) in [6.07, 6.45) is 1.07. The Morgan fingerprint density at radius 1 is 1.20 bits per heavy atom. The summed E-state index contributed by atoms with van der Waals surface area (Å²) in [6.45, 7) is 7.16. The Morgan fingerprint density at radius 3 is 2.00 bits per heavy atom. The van der Waals surface area contributed by atoms with Crippen LogP contribution in [0.15, 0.2) is 0 Å². The molecule has 0 aromatic carbocycles. The Bertz CT molecular complexity index is 83.7. The van der Waals surface area contributed by atoms with E-state index in [2.05, 4.69) is 20.8 Å². The van der Waals surface area contributed by atoms with Crippen LogP contribution >= 0.6 is 11.1 Å². The smallest absolute Gasteiger partial charge is 0.289 e. The molecule has 0 aromatic heterocycles. The van der Waals surface area contributed by atoms with Crippen molar-refractivity contribution in [3.63, 3.8) is 0 Å². The fourth-order valence-corrected chi connectivity index (χ4v) is 2.45. The summed E-state index contributed by atoms with van der Waals surface area (Å²) in [5.41, 5.74) is 0. The van der Waals surface area contributed by atoms with Crippen molar-refractivity contribution < 1.29 is 4.43 Å². The molecule has 3 heteroatoms. The van der Waals surface area contributed by atoms with Crippen LogP contribution in [-0.4, -0.2) is 14.2 Å². The second-order valence-electron chi connectivity index (χ2n) is 2.44. The van der Waals surface area contributed by atoms with Crippen LogP contribution < -0.4 is 0 Å². The van der Waals surface area contributed by atoms with E-state index in [4.69, 9.17) is 15.5 Å². The molecule has 10 heavy (non-hydrogen) atoms. The van der Waals surface area contributed by atoms with E-state index in [1.165, 1.54) is 0 Å². The molecular formula is C7H17ClOSi. The van der Waals surface area contributed by atoms with Gasteiger partial charge in [-0.2, -0.15) is 0 Å². The van der Waals surface area contributed by atoms with Crippen molar-refractivity contribution in [3.05, 3.63) is 0 Å². The van der Waals surface area contributed by atoms with E-state index >= 15 is 0 Å². The van der Waals surface area contributed by atoms with Crippen LogP contribution in [0.25, 0.3) is 0 Å². The Hall–Kier alpha value is 0.467. The lowest BCUT2D eigenvalue weighted by atomic mass is 10.5. The van der Waals surface area contributed by atoms with E-state index in [1.807, 2.05) is 0 Å². The highest BCUT2D eigenvalue weighted by Crippen LogP contribution is 2.21. The summed E-state index contributed by atoms with van der Waals surface area (Å²) in [7, 11) is -1.75. The summed E-state index contributed by atoms with van der Waals surface area (Å²) >= 11 is 6.20. The van der Waals surface area contributed by atoms with Gasteiger partial charge in [-0.05, 0) is 18.5 Å². The summed E-state index contributed by atoms with van der Waals surface area (Å²) in [5, 5.41) is 0. The van der Waals surface area contributed by atoms with Crippen LogP contribution in [0.5, 0.6) is 0 Å². The summed E-state index contributed by atoms with van der Waals surface area (Å²) in [6, 6.07) is 2.04. The van der Waals surface area contributed by atoms with E-state index < -0.39 is 7.63 Å². The maximum atomic E-state index is 6.20. The van der Waals surface area contributed by atoms with Crippen LogP contribution in [0.3, 0.4) is 0 Å². The Morgan fingerprint density at radius 2 is 1.70 bits per heavy atom. The normalized spacial score (nSPS) is 12.0. The van der Waals surface area contributed by atoms with Crippen LogP contribution in [-0.2, 0) is 4.43 Å². The molecule has 0 amide bonds. The van der Waals surface area contributed by atoms with Gasteiger partial charge in [-0.15, -0.1) is 11.1 Å². The van der Waals surface area contributed by atoms with E-state index in [0.717, 1.165) is 25.1 Å². The predicted octanol–water partition coefficient (Wildman–Crippen LogP) is 3.13. The Balaban J connectivity index is 3.58. The van der Waals surface area contributed by atoms with Gasteiger partial charge in [0.1, 0.15) is 0 Å². The molecule has 0 radical (unpaired) electrons. The molecule has 0 bridgehead atoms. The number of hydrogen-bond donors (Lipinski definition) is 0. The van der Waals surface area contributed by atoms with Gasteiger partial charge in [0.25, 0.3) is 7.63 Å². The minimum atomic E-state index is -1.75. The first kappa shape index (κ1) is 10.5. The summed E-state index contributed by atoms with van der Waals surface area (Å²) in [4.78, 5) is 0. The van der Waals surface area contributed by atoms with Gasteiger partial charge in [-0.1, -0.05) is 20.8 Å². The van der Waals surface area contributed by atoms with Crippen molar-refractivity contribution in [2.45, 2.75) is 39.3 Å². The molecule has 0 saturated carbocycles. The van der Waals surface area contributed by atoms with Gasteiger partial charge in [0.15, 0.2) is 0 Å². The second kappa shape index (κ2) is 5.16. The van der Waals surface area contributed by atoms with Crippen molar-refractivity contribution in [2.24, 2.45) is 0 Å². The van der Waals surface area contributed by atoms with Gasteiger partial charge in [0.2, 0.25) is 0 Å². The van der Waals surface area contributed by atoms with Crippen molar-refractivity contribution in [1.29, 1.82) is 0 Å². The lowest BCUT2D eigenvalue weighted by Crippen LogP contribution is -2.29. The van der Waals surface area contributed by atoms with Gasteiger partial charge in [-0.3, -0.25) is 0 Å². The zero-order chi connectivity index (χ0) is 8.04. The molecule has 0 atom stereocenters. The molecule has 0 saturated heterocycles. The second-order valence-corrected chi connectivity index (χ2v) is 7.97. The lowest BCUT2D eigenvalue weighted by molar-refractivity contribution is 0.313. The zero-order valence-electron chi connectivity index (χ0n) is 7.11. The van der Waals surface area contributed by atoms with E-state index in [9.17, 15) is 0 Å². The molecular weight excluding hydrogens is 164 g/mol. The third-order valence-corrected chi connectivity index (χ3v) is 6.39. The molecule has 62 valence electrons. The molecule has 0 unspecified atom stereocenters. The van der Waals surface area contributed by atoms with Gasteiger partial charge in [0, 0.05) is 6.61 Å². The summed E-state index contributed by atoms with van der Waals surface area (Å²) < 4.78 is 5.58. The third kappa shape index (κ3) is 3.59. The highest BCUT2D eigenvalue weighted by Gasteiger charge is 2.27. The van der Waals surface area contributed by atoms with Gasteiger partial charge < -0.3 is 4.43 Å². The number of halogens is 1. The molecule has 1 nitrogen and oxygen atoms in total. The van der Waals surface area contributed by atoms with Gasteiger partial charge >= 0.3 is 0 Å². The van der Waals surface area contributed by atoms with Gasteiger partial charge in [0.05, 0.1) is 0 Å². The molecule has 0 fully saturated rings. The van der Waals surface area contributed by atoms with Crippen molar-refractivity contribution in [3.8, 4) is 0 Å². The molecule has 0 rings (SSSR count). The highest BCUT2D eigenvalue weighted by molar-refractivity contribution is 7.16. The molecule has 0 N–H and O–H groups in total. The highest BCUT2D eigenvalue weighted by atomic mass is 35.6. The maximum Gasteiger partial charge on any atom is 0.289 e. The molecule has 0 aliphatic carbocycles. The first-order chi connectivity index (χ1) is 4.68.